The van der Waals surface area contributed by atoms with Gasteiger partial charge in [0.1, 0.15) is 11.4 Å². The van der Waals surface area contributed by atoms with Crippen LogP contribution >= 0.6 is 0 Å². The molecule has 3 aromatic rings. The van der Waals surface area contributed by atoms with Crippen molar-refractivity contribution < 1.29 is 8.91 Å². The maximum atomic E-state index is 13.7. The van der Waals surface area contributed by atoms with Crippen LogP contribution in [0.3, 0.4) is 0 Å². The fourth-order valence-corrected chi connectivity index (χ4v) is 1.98. The number of H-pyrrole nitrogens is 1. The summed E-state index contributed by atoms with van der Waals surface area (Å²) in [6.45, 7) is 3.44. The molecular weight excluding hydrogens is 249 g/mol. The molecule has 0 fully saturated rings. The summed E-state index contributed by atoms with van der Waals surface area (Å²) in [4.78, 5) is 18.4. The first-order valence-corrected chi connectivity index (χ1v) is 5.68. The molecule has 0 saturated heterocycles. The summed E-state index contributed by atoms with van der Waals surface area (Å²) < 4.78 is 18.7. The second-order valence-corrected chi connectivity index (χ2v) is 4.37. The number of rotatable bonds is 1. The number of pyridine rings is 1. The second-order valence-electron chi connectivity index (χ2n) is 4.37. The summed E-state index contributed by atoms with van der Waals surface area (Å²) in [5.41, 5.74) is 0.720. The summed E-state index contributed by atoms with van der Waals surface area (Å²) in [6, 6.07) is 4.70. The van der Waals surface area contributed by atoms with Crippen LogP contribution in [0.2, 0.25) is 0 Å². The smallest absolute Gasteiger partial charge is 0.263 e. The van der Waals surface area contributed by atoms with Crippen LogP contribution in [0.4, 0.5) is 4.39 Å². The number of aromatic amines is 1. The molecule has 96 valence electrons. The lowest BCUT2D eigenvalue weighted by atomic mass is 10.1. The highest BCUT2D eigenvalue weighted by Gasteiger charge is 2.13. The van der Waals surface area contributed by atoms with E-state index in [4.69, 9.17) is 4.52 Å². The highest BCUT2D eigenvalue weighted by atomic mass is 19.1. The molecule has 0 spiro atoms. The molecule has 0 unspecified atom stereocenters. The zero-order chi connectivity index (χ0) is 13.6. The van der Waals surface area contributed by atoms with Gasteiger partial charge in [0.05, 0.1) is 5.52 Å². The number of halogens is 1. The summed E-state index contributed by atoms with van der Waals surface area (Å²) in [7, 11) is 0. The zero-order valence-corrected chi connectivity index (χ0v) is 10.3. The molecule has 1 N–H and O–H groups in total. The van der Waals surface area contributed by atoms with E-state index in [1.807, 2.05) is 0 Å². The molecule has 0 bridgehead atoms. The minimum Gasteiger partial charge on any atom is -0.334 e. The normalized spacial score (nSPS) is 11.1. The standard InChI is InChI=1S/C13H10FN3O2/c1-6-3-8-5-9(13-15-7(2)17-19-13)12(18)16-11(8)10(14)4-6/h3-5H,1-2H3,(H,16,18). The Balaban J connectivity index is 2.33. The number of nitrogens with zero attached hydrogens (tertiary/aromatic N) is 2. The van der Waals surface area contributed by atoms with Gasteiger partial charge in [-0.1, -0.05) is 5.16 Å². The van der Waals surface area contributed by atoms with Gasteiger partial charge in [-0.3, -0.25) is 4.79 Å². The lowest BCUT2D eigenvalue weighted by Gasteiger charge is -2.03. The van der Waals surface area contributed by atoms with E-state index in [2.05, 4.69) is 15.1 Å². The van der Waals surface area contributed by atoms with Gasteiger partial charge >= 0.3 is 0 Å². The molecule has 0 saturated carbocycles. The van der Waals surface area contributed by atoms with E-state index in [1.54, 1.807) is 26.0 Å². The topological polar surface area (TPSA) is 71.8 Å². The summed E-state index contributed by atoms with van der Waals surface area (Å²) >= 11 is 0. The van der Waals surface area contributed by atoms with Crippen LogP contribution < -0.4 is 5.56 Å². The molecule has 2 aromatic heterocycles. The first-order chi connectivity index (χ1) is 9.04. The lowest BCUT2D eigenvalue weighted by molar-refractivity contribution is 0.425. The molecule has 0 atom stereocenters. The Labute approximate surface area is 107 Å². The predicted molar refractivity (Wildman–Crippen MR) is 67.3 cm³/mol. The van der Waals surface area contributed by atoms with Crippen LogP contribution in [0, 0.1) is 19.7 Å². The van der Waals surface area contributed by atoms with Gasteiger partial charge < -0.3 is 9.51 Å². The van der Waals surface area contributed by atoms with Gasteiger partial charge in [0.15, 0.2) is 5.82 Å². The van der Waals surface area contributed by atoms with Crippen LogP contribution in [-0.2, 0) is 0 Å². The van der Waals surface area contributed by atoms with Gasteiger partial charge in [0.25, 0.3) is 11.4 Å². The van der Waals surface area contributed by atoms with Crippen molar-refractivity contribution in [1.82, 2.24) is 15.1 Å². The molecular formula is C13H10FN3O2. The number of hydrogen-bond donors (Lipinski definition) is 1. The van der Waals surface area contributed by atoms with E-state index in [-0.39, 0.29) is 17.0 Å². The molecule has 0 radical (unpaired) electrons. The molecule has 19 heavy (non-hydrogen) atoms. The first-order valence-electron chi connectivity index (χ1n) is 5.68. The number of nitrogens with one attached hydrogen (secondary N) is 1. The summed E-state index contributed by atoms with van der Waals surface area (Å²) in [6.07, 6.45) is 0. The highest BCUT2D eigenvalue weighted by Crippen LogP contribution is 2.21. The minimum absolute atomic E-state index is 0.127. The van der Waals surface area contributed by atoms with Crippen molar-refractivity contribution in [2.45, 2.75) is 13.8 Å². The van der Waals surface area contributed by atoms with E-state index in [0.29, 0.717) is 11.2 Å². The number of aromatic nitrogens is 3. The average Bonchev–Trinajstić information content (AvgIpc) is 2.76. The van der Waals surface area contributed by atoms with Gasteiger partial charge in [-0.2, -0.15) is 4.98 Å². The minimum atomic E-state index is -0.459. The van der Waals surface area contributed by atoms with Crippen molar-refractivity contribution in [1.29, 1.82) is 0 Å². The van der Waals surface area contributed by atoms with E-state index < -0.39 is 11.4 Å². The maximum absolute atomic E-state index is 13.7. The van der Waals surface area contributed by atoms with Gasteiger partial charge in [0.2, 0.25) is 0 Å². The summed E-state index contributed by atoms with van der Waals surface area (Å²) in [5.74, 6) is 0.104. The van der Waals surface area contributed by atoms with E-state index in [1.165, 1.54) is 6.07 Å². The molecule has 1 aromatic carbocycles. The maximum Gasteiger partial charge on any atom is 0.263 e. The quantitative estimate of drug-likeness (QED) is 0.728. The van der Waals surface area contributed by atoms with Gasteiger partial charge in [-0.15, -0.1) is 0 Å². The molecule has 3 rings (SSSR count). The number of aryl methyl sites for hydroxylation is 2. The third-order valence-electron chi connectivity index (χ3n) is 2.81. The number of hydrogen-bond acceptors (Lipinski definition) is 4. The van der Waals surface area contributed by atoms with Crippen molar-refractivity contribution >= 4 is 10.9 Å². The Morgan fingerprint density at radius 1 is 1.26 bits per heavy atom. The Bertz CT molecular complexity index is 836. The average molecular weight is 259 g/mol. The third kappa shape index (κ3) is 1.91. The fraction of sp³-hybridized carbons (Fsp3) is 0.154. The molecule has 0 aliphatic rings. The highest BCUT2D eigenvalue weighted by molar-refractivity contribution is 5.83. The number of benzene rings is 1. The Hall–Kier alpha value is -2.50. The second kappa shape index (κ2) is 4.01. The predicted octanol–water partition coefficient (Wildman–Crippen LogP) is 2.33. The van der Waals surface area contributed by atoms with Crippen LogP contribution in [0.1, 0.15) is 11.4 Å². The fourth-order valence-electron chi connectivity index (χ4n) is 1.98. The summed E-state index contributed by atoms with van der Waals surface area (Å²) in [5, 5.41) is 4.22. The Kier molecular flexibility index (Phi) is 2.45. The molecule has 5 nitrogen and oxygen atoms in total. The van der Waals surface area contributed by atoms with Crippen molar-refractivity contribution in [3.63, 3.8) is 0 Å². The van der Waals surface area contributed by atoms with Crippen LogP contribution in [0.25, 0.3) is 22.4 Å². The third-order valence-corrected chi connectivity index (χ3v) is 2.81. The monoisotopic (exact) mass is 259 g/mol. The Morgan fingerprint density at radius 2 is 2.05 bits per heavy atom. The van der Waals surface area contributed by atoms with Gasteiger partial charge in [0, 0.05) is 5.39 Å². The molecule has 0 aliphatic heterocycles. The van der Waals surface area contributed by atoms with E-state index in [0.717, 1.165) is 5.56 Å². The van der Waals surface area contributed by atoms with E-state index in [9.17, 15) is 9.18 Å². The van der Waals surface area contributed by atoms with Gasteiger partial charge in [-0.05, 0) is 37.6 Å². The van der Waals surface area contributed by atoms with Gasteiger partial charge in [-0.25, -0.2) is 4.39 Å². The van der Waals surface area contributed by atoms with Crippen molar-refractivity contribution in [2.75, 3.05) is 0 Å². The zero-order valence-electron chi connectivity index (χ0n) is 10.3. The first kappa shape index (κ1) is 11.6. The molecule has 0 aliphatic carbocycles. The number of fused-ring (bicyclic) bond motifs is 1. The molecule has 2 heterocycles. The van der Waals surface area contributed by atoms with Crippen molar-refractivity contribution in [2.24, 2.45) is 0 Å². The SMILES string of the molecule is Cc1cc(F)c2[nH]c(=O)c(-c3nc(C)no3)cc2c1. The van der Waals surface area contributed by atoms with Crippen LogP contribution in [0.5, 0.6) is 0 Å². The lowest BCUT2D eigenvalue weighted by Crippen LogP contribution is -2.09. The molecule has 0 amide bonds. The molecule has 6 heteroatoms. The van der Waals surface area contributed by atoms with Crippen LogP contribution in [-0.4, -0.2) is 15.1 Å². The van der Waals surface area contributed by atoms with E-state index >= 15 is 0 Å². The van der Waals surface area contributed by atoms with Crippen LogP contribution in [0.15, 0.2) is 27.5 Å². The van der Waals surface area contributed by atoms with Crippen molar-refractivity contribution in [3.8, 4) is 11.5 Å². The largest absolute Gasteiger partial charge is 0.334 e. The van der Waals surface area contributed by atoms with Crippen molar-refractivity contribution in [3.05, 3.63) is 45.8 Å². The Morgan fingerprint density at radius 3 is 2.74 bits per heavy atom.